The molecule has 1 amide bonds. The van der Waals surface area contributed by atoms with Gasteiger partial charge in [-0.2, -0.15) is 0 Å². The van der Waals surface area contributed by atoms with E-state index in [0.717, 1.165) is 19.3 Å². The van der Waals surface area contributed by atoms with Crippen molar-refractivity contribution in [1.82, 2.24) is 5.32 Å². The summed E-state index contributed by atoms with van der Waals surface area (Å²) in [5, 5.41) is 11.5. The molecule has 0 aliphatic rings. The van der Waals surface area contributed by atoms with Crippen molar-refractivity contribution >= 4 is 5.91 Å². The second-order valence-electron chi connectivity index (χ2n) is 4.81. The summed E-state index contributed by atoms with van der Waals surface area (Å²) in [6, 6.07) is -0.112. The Labute approximate surface area is 98.6 Å². The minimum absolute atomic E-state index is 0.0326. The van der Waals surface area contributed by atoms with E-state index in [1.54, 1.807) is 0 Å². The molecule has 0 aromatic rings. The number of aliphatic hydroxyl groups excluding tert-OH is 1. The van der Waals surface area contributed by atoms with Crippen molar-refractivity contribution in [3.05, 3.63) is 0 Å². The first-order valence-electron chi connectivity index (χ1n) is 6.13. The van der Waals surface area contributed by atoms with Gasteiger partial charge in [-0.15, -0.1) is 0 Å². The van der Waals surface area contributed by atoms with E-state index in [-0.39, 0.29) is 24.5 Å². The Morgan fingerprint density at radius 3 is 2.44 bits per heavy atom. The van der Waals surface area contributed by atoms with Crippen LogP contribution in [-0.2, 0) is 4.79 Å². The number of unbranched alkanes of at least 4 members (excludes halogenated alkanes) is 1. The van der Waals surface area contributed by atoms with Gasteiger partial charge in [-0.25, -0.2) is 0 Å². The number of carbonyl (C=O) groups excluding carboxylic acids is 1. The topological polar surface area (TPSA) is 75.4 Å². The van der Waals surface area contributed by atoms with Crippen LogP contribution in [0.15, 0.2) is 0 Å². The Hall–Kier alpha value is -0.610. The first kappa shape index (κ1) is 15.4. The van der Waals surface area contributed by atoms with Gasteiger partial charge in [0.25, 0.3) is 0 Å². The van der Waals surface area contributed by atoms with Crippen LogP contribution in [0.25, 0.3) is 0 Å². The Morgan fingerprint density at radius 2 is 1.94 bits per heavy atom. The molecule has 2 unspecified atom stereocenters. The predicted molar refractivity (Wildman–Crippen MR) is 65.9 cm³/mol. The first-order chi connectivity index (χ1) is 7.49. The fourth-order valence-corrected chi connectivity index (χ4v) is 1.40. The van der Waals surface area contributed by atoms with Crippen LogP contribution < -0.4 is 11.1 Å². The number of hydrogen-bond donors (Lipinski definition) is 3. The van der Waals surface area contributed by atoms with Crippen LogP contribution in [0, 0.1) is 11.8 Å². The molecule has 0 bridgehead atoms. The van der Waals surface area contributed by atoms with E-state index < -0.39 is 0 Å². The van der Waals surface area contributed by atoms with Crippen LogP contribution in [-0.4, -0.2) is 30.2 Å². The van der Waals surface area contributed by atoms with Crippen LogP contribution in [0.4, 0.5) is 0 Å². The van der Waals surface area contributed by atoms with E-state index in [4.69, 9.17) is 10.8 Å². The molecule has 16 heavy (non-hydrogen) atoms. The lowest BCUT2D eigenvalue weighted by atomic mass is 9.96. The van der Waals surface area contributed by atoms with Crippen LogP contribution >= 0.6 is 0 Å². The molecule has 0 saturated heterocycles. The van der Waals surface area contributed by atoms with Crippen LogP contribution in [0.1, 0.15) is 40.0 Å². The van der Waals surface area contributed by atoms with E-state index in [1.807, 2.05) is 6.92 Å². The molecule has 0 spiro atoms. The number of aliphatic hydroxyl groups is 1. The van der Waals surface area contributed by atoms with Crippen molar-refractivity contribution < 1.29 is 9.90 Å². The third-order valence-corrected chi connectivity index (χ3v) is 2.69. The van der Waals surface area contributed by atoms with Crippen molar-refractivity contribution in [3.63, 3.8) is 0 Å². The van der Waals surface area contributed by atoms with Crippen molar-refractivity contribution in [3.8, 4) is 0 Å². The highest BCUT2D eigenvalue weighted by atomic mass is 16.2. The van der Waals surface area contributed by atoms with Crippen molar-refractivity contribution in [1.29, 1.82) is 0 Å². The number of carbonyl (C=O) groups is 1. The average Bonchev–Trinajstić information content (AvgIpc) is 2.24. The summed E-state index contributed by atoms with van der Waals surface area (Å²) >= 11 is 0. The average molecular weight is 230 g/mol. The zero-order valence-corrected chi connectivity index (χ0v) is 10.7. The second kappa shape index (κ2) is 8.53. The summed E-state index contributed by atoms with van der Waals surface area (Å²) in [5.74, 6) is 0.337. The van der Waals surface area contributed by atoms with Gasteiger partial charge in [0, 0.05) is 19.2 Å². The van der Waals surface area contributed by atoms with Gasteiger partial charge in [0.1, 0.15) is 0 Å². The molecule has 0 heterocycles. The third kappa shape index (κ3) is 6.80. The molecule has 0 fully saturated rings. The number of amides is 1. The Morgan fingerprint density at radius 1 is 1.31 bits per heavy atom. The largest absolute Gasteiger partial charge is 0.396 e. The Balaban J connectivity index is 3.82. The third-order valence-electron chi connectivity index (χ3n) is 2.69. The second-order valence-corrected chi connectivity index (χ2v) is 4.81. The maximum absolute atomic E-state index is 11.7. The number of rotatable bonds is 8. The molecule has 0 aromatic heterocycles. The Kier molecular flexibility index (Phi) is 8.21. The fourth-order valence-electron chi connectivity index (χ4n) is 1.40. The Bertz CT molecular complexity index is 195. The first-order valence-corrected chi connectivity index (χ1v) is 6.13. The number of hydrogen-bond acceptors (Lipinski definition) is 3. The molecule has 0 aromatic carbocycles. The monoisotopic (exact) mass is 230 g/mol. The van der Waals surface area contributed by atoms with Gasteiger partial charge in [0.15, 0.2) is 0 Å². The van der Waals surface area contributed by atoms with Gasteiger partial charge < -0.3 is 16.2 Å². The van der Waals surface area contributed by atoms with Gasteiger partial charge in [0.05, 0.1) is 5.92 Å². The van der Waals surface area contributed by atoms with Crippen molar-refractivity contribution in [2.75, 3.05) is 13.2 Å². The van der Waals surface area contributed by atoms with Gasteiger partial charge >= 0.3 is 0 Å². The van der Waals surface area contributed by atoms with Gasteiger partial charge in [0.2, 0.25) is 5.91 Å². The lowest BCUT2D eigenvalue weighted by molar-refractivity contribution is -0.125. The zero-order valence-electron chi connectivity index (χ0n) is 10.7. The maximum atomic E-state index is 11.7. The van der Waals surface area contributed by atoms with Crippen LogP contribution in [0.2, 0.25) is 0 Å². The smallest absolute Gasteiger partial charge is 0.224 e. The lowest BCUT2D eigenvalue weighted by Crippen LogP contribution is -2.41. The number of nitrogens with one attached hydrogen (secondary N) is 1. The summed E-state index contributed by atoms with van der Waals surface area (Å²) in [4.78, 5) is 11.7. The van der Waals surface area contributed by atoms with E-state index in [9.17, 15) is 4.79 Å². The molecule has 0 radical (unpaired) electrons. The maximum Gasteiger partial charge on any atom is 0.224 e. The molecule has 0 rings (SSSR count). The van der Waals surface area contributed by atoms with E-state index in [1.165, 1.54) is 0 Å². The van der Waals surface area contributed by atoms with Gasteiger partial charge in [-0.1, -0.05) is 20.8 Å². The molecule has 4 N–H and O–H groups in total. The lowest BCUT2D eigenvalue weighted by Gasteiger charge is -2.19. The van der Waals surface area contributed by atoms with E-state index >= 15 is 0 Å². The normalized spacial score (nSPS) is 14.9. The van der Waals surface area contributed by atoms with Crippen molar-refractivity contribution in [2.45, 2.75) is 46.1 Å². The molecule has 2 atom stereocenters. The number of nitrogens with two attached hydrogens (primary N) is 1. The standard InChI is InChI=1S/C12H26N2O2/c1-9(2)8-14-12(16)10(3)11(13)6-4-5-7-15/h9-11,15H,4-8,13H2,1-3H3,(H,14,16). The quantitative estimate of drug-likeness (QED) is 0.542. The minimum Gasteiger partial charge on any atom is -0.396 e. The fraction of sp³-hybridized carbons (Fsp3) is 0.917. The highest BCUT2D eigenvalue weighted by Crippen LogP contribution is 2.08. The summed E-state index contributed by atoms with van der Waals surface area (Å²) in [6.45, 7) is 6.88. The minimum atomic E-state index is -0.155. The molecular weight excluding hydrogens is 204 g/mol. The summed E-state index contributed by atoms with van der Waals surface area (Å²) in [5.41, 5.74) is 5.92. The van der Waals surface area contributed by atoms with Crippen molar-refractivity contribution in [2.24, 2.45) is 17.6 Å². The zero-order chi connectivity index (χ0) is 12.6. The highest BCUT2D eigenvalue weighted by molar-refractivity contribution is 5.78. The SMILES string of the molecule is CC(C)CNC(=O)C(C)C(N)CCCCO. The highest BCUT2D eigenvalue weighted by Gasteiger charge is 2.19. The van der Waals surface area contributed by atoms with E-state index in [0.29, 0.717) is 12.5 Å². The summed E-state index contributed by atoms with van der Waals surface area (Å²) in [6.07, 6.45) is 2.42. The molecule has 4 nitrogen and oxygen atoms in total. The summed E-state index contributed by atoms with van der Waals surface area (Å²) < 4.78 is 0. The molecular formula is C12H26N2O2. The van der Waals surface area contributed by atoms with Crippen LogP contribution in [0.5, 0.6) is 0 Å². The van der Waals surface area contributed by atoms with Gasteiger partial charge in [-0.05, 0) is 25.2 Å². The van der Waals surface area contributed by atoms with Crippen LogP contribution in [0.3, 0.4) is 0 Å². The molecule has 96 valence electrons. The summed E-state index contributed by atoms with van der Waals surface area (Å²) in [7, 11) is 0. The molecule has 0 aliphatic heterocycles. The predicted octanol–water partition coefficient (Wildman–Crippen LogP) is 0.885. The molecule has 0 aliphatic carbocycles. The van der Waals surface area contributed by atoms with E-state index in [2.05, 4.69) is 19.2 Å². The molecule has 0 saturated carbocycles. The molecule has 4 heteroatoms. The van der Waals surface area contributed by atoms with Gasteiger partial charge in [-0.3, -0.25) is 4.79 Å².